The van der Waals surface area contributed by atoms with Crippen LogP contribution in [-0.2, 0) is 6.54 Å². The smallest absolute Gasteiger partial charge is 0.335 e. The van der Waals surface area contributed by atoms with Crippen LogP contribution in [0.15, 0.2) is 42.5 Å². The number of hydrogen-bond acceptors (Lipinski definition) is 3. The lowest BCUT2D eigenvalue weighted by Gasteiger charge is -2.19. The summed E-state index contributed by atoms with van der Waals surface area (Å²) in [6.45, 7) is 5.07. The highest BCUT2D eigenvalue weighted by molar-refractivity contribution is 5.96. The number of carbonyl (C=O) groups is 2. The number of aromatic carboxylic acids is 1. The Balaban J connectivity index is 1.58. The summed E-state index contributed by atoms with van der Waals surface area (Å²) < 4.78 is 0. The van der Waals surface area contributed by atoms with Crippen LogP contribution < -0.4 is 5.32 Å². The van der Waals surface area contributed by atoms with Gasteiger partial charge in [0.2, 0.25) is 0 Å². The van der Waals surface area contributed by atoms with Crippen LogP contribution in [0, 0.1) is 12.8 Å². The number of carboxylic acid groups (broad SMARTS) is 1. The van der Waals surface area contributed by atoms with Crippen molar-refractivity contribution in [3.63, 3.8) is 0 Å². The Morgan fingerprint density at radius 2 is 2.00 bits per heavy atom. The Morgan fingerprint density at radius 1 is 1.19 bits per heavy atom. The second-order valence-electron chi connectivity index (χ2n) is 7.25. The fourth-order valence-corrected chi connectivity index (χ4v) is 4.32. The fraction of sp³-hybridized carbons (Fsp3) is 0.333. The maximum Gasteiger partial charge on any atom is 0.335 e. The number of likely N-dealkylation sites (tertiary alicyclic amines) is 1. The summed E-state index contributed by atoms with van der Waals surface area (Å²) in [5, 5.41) is 12.4. The molecule has 2 N–H and O–H groups in total. The number of fused-ring (bicyclic) bond motifs is 3. The van der Waals surface area contributed by atoms with E-state index in [0.717, 1.165) is 41.9 Å². The van der Waals surface area contributed by atoms with E-state index in [4.69, 9.17) is 0 Å². The summed E-state index contributed by atoms with van der Waals surface area (Å²) in [6.07, 6.45) is 0. The van der Waals surface area contributed by atoms with E-state index in [1.807, 2.05) is 37.3 Å². The zero-order chi connectivity index (χ0) is 18.3. The summed E-state index contributed by atoms with van der Waals surface area (Å²) in [4.78, 5) is 26.0. The van der Waals surface area contributed by atoms with E-state index in [1.54, 1.807) is 6.07 Å². The van der Waals surface area contributed by atoms with Crippen LogP contribution >= 0.6 is 0 Å². The van der Waals surface area contributed by atoms with Gasteiger partial charge in [0.25, 0.3) is 5.91 Å². The monoisotopic (exact) mass is 350 g/mol. The summed E-state index contributed by atoms with van der Waals surface area (Å²) in [5.74, 6) is -0.155. The lowest BCUT2D eigenvalue weighted by atomic mass is 9.87. The van der Waals surface area contributed by atoms with Crippen molar-refractivity contribution in [3.05, 3.63) is 70.3 Å². The van der Waals surface area contributed by atoms with Crippen molar-refractivity contribution in [3.8, 4) is 0 Å². The summed E-state index contributed by atoms with van der Waals surface area (Å²) in [6, 6.07) is 13.3. The molecule has 0 aromatic heterocycles. The highest BCUT2D eigenvalue weighted by Gasteiger charge is 2.37. The predicted octanol–water partition coefficient (Wildman–Crippen LogP) is 2.65. The SMILES string of the molecule is Cc1c(CN2C[C@@H]3CNC(=O)c4ccccc4[C@H]3C2)cccc1C(=O)O. The molecule has 2 aromatic carbocycles. The van der Waals surface area contributed by atoms with Crippen LogP contribution in [0.3, 0.4) is 0 Å². The number of hydrogen-bond donors (Lipinski definition) is 2. The zero-order valence-corrected chi connectivity index (χ0v) is 14.7. The molecule has 0 bridgehead atoms. The zero-order valence-electron chi connectivity index (χ0n) is 14.7. The largest absolute Gasteiger partial charge is 0.478 e. The van der Waals surface area contributed by atoms with E-state index >= 15 is 0 Å². The van der Waals surface area contributed by atoms with Crippen molar-refractivity contribution in [2.45, 2.75) is 19.4 Å². The number of nitrogens with zero attached hydrogens (tertiary/aromatic N) is 1. The molecule has 5 nitrogen and oxygen atoms in total. The Bertz CT molecular complexity index is 877. The van der Waals surface area contributed by atoms with Gasteiger partial charge in [-0.15, -0.1) is 0 Å². The van der Waals surface area contributed by atoms with E-state index in [-0.39, 0.29) is 5.91 Å². The Morgan fingerprint density at radius 3 is 2.81 bits per heavy atom. The van der Waals surface area contributed by atoms with Crippen LogP contribution in [0.5, 0.6) is 0 Å². The van der Waals surface area contributed by atoms with E-state index in [0.29, 0.717) is 23.9 Å². The number of carboxylic acids is 1. The van der Waals surface area contributed by atoms with Crippen LogP contribution in [0.2, 0.25) is 0 Å². The molecule has 2 heterocycles. The van der Waals surface area contributed by atoms with Crippen molar-refractivity contribution in [2.75, 3.05) is 19.6 Å². The van der Waals surface area contributed by atoms with Crippen molar-refractivity contribution in [2.24, 2.45) is 5.92 Å². The number of carbonyl (C=O) groups excluding carboxylic acids is 1. The van der Waals surface area contributed by atoms with Gasteiger partial charge in [-0.1, -0.05) is 30.3 Å². The third-order valence-electron chi connectivity index (χ3n) is 5.72. The molecule has 2 atom stereocenters. The first-order valence-corrected chi connectivity index (χ1v) is 8.96. The average Bonchev–Trinajstić information content (AvgIpc) is 2.98. The number of rotatable bonds is 3. The molecular weight excluding hydrogens is 328 g/mol. The van der Waals surface area contributed by atoms with Crippen molar-refractivity contribution < 1.29 is 14.7 Å². The number of nitrogens with one attached hydrogen (secondary N) is 1. The minimum atomic E-state index is -0.882. The predicted molar refractivity (Wildman–Crippen MR) is 98.4 cm³/mol. The Hall–Kier alpha value is -2.66. The molecule has 26 heavy (non-hydrogen) atoms. The van der Waals surface area contributed by atoms with Crippen molar-refractivity contribution in [1.82, 2.24) is 10.2 Å². The highest BCUT2D eigenvalue weighted by atomic mass is 16.4. The van der Waals surface area contributed by atoms with E-state index in [1.165, 1.54) is 0 Å². The average molecular weight is 350 g/mol. The molecular formula is C21H22N2O3. The first-order chi connectivity index (χ1) is 12.5. The second-order valence-corrected chi connectivity index (χ2v) is 7.25. The molecule has 4 rings (SSSR count). The van der Waals surface area contributed by atoms with Gasteiger partial charge in [0.1, 0.15) is 0 Å². The molecule has 2 aliphatic rings. The summed E-state index contributed by atoms with van der Waals surface area (Å²) in [5.41, 5.74) is 4.17. The summed E-state index contributed by atoms with van der Waals surface area (Å²) in [7, 11) is 0. The maximum atomic E-state index is 12.3. The van der Waals surface area contributed by atoms with Gasteiger partial charge in [0.05, 0.1) is 5.56 Å². The molecule has 2 aromatic rings. The van der Waals surface area contributed by atoms with Crippen molar-refractivity contribution >= 4 is 11.9 Å². The molecule has 2 aliphatic heterocycles. The standard InChI is InChI=1S/C21H22N2O3/c1-13-14(5-4-8-16(13)21(25)26)10-23-11-15-9-22-20(24)18-7-3-2-6-17(18)19(15)12-23/h2-8,15,19H,9-12H2,1H3,(H,22,24)(H,25,26)/t15-,19-/m0/s1. The fourth-order valence-electron chi connectivity index (χ4n) is 4.32. The van der Waals surface area contributed by atoms with Gasteiger partial charge in [-0.3, -0.25) is 9.69 Å². The van der Waals surface area contributed by atoms with Gasteiger partial charge < -0.3 is 10.4 Å². The van der Waals surface area contributed by atoms with Crippen LogP contribution in [0.1, 0.15) is 43.3 Å². The van der Waals surface area contributed by atoms with Gasteiger partial charge in [-0.2, -0.15) is 0 Å². The van der Waals surface area contributed by atoms with E-state index in [2.05, 4.69) is 16.3 Å². The first kappa shape index (κ1) is 16.8. The van der Waals surface area contributed by atoms with Gasteiger partial charge >= 0.3 is 5.97 Å². The lowest BCUT2D eigenvalue weighted by molar-refractivity contribution is 0.0695. The van der Waals surface area contributed by atoms with Gasteiger partial charge in [0, 0.05) is 37.7 Å². The number of amides is 1. The molecule has 5 heteroatoms. The van der Waals surface area contributed by atoms with Crippen LogP contribution in [-0.4, -0.2) is 41.5 Å². The lowest BCUT2D eigenvalue weighted by Crippen LogP contribution is -2.29. The van der Waals surface area contributed by atoms with Crippen LogP contribution in [0.25, 0.3) is 0 Å². The quantitative estimate of drug-likeness (QED) is 0.893. The van der Waals surface area contributed by atoms with Crippen molar-refractivity contribution in [1.29, 1.82) is 0 Å². The molecule has 134 valence electrons. The minimum Gasteiger partial charge on any atom is -0.478 e. The maximum absolute atomic E-state index is 12.3. The first-order valence-electron chi connectivity index (χ1n) is 8.96. The third-order valence-corrected chi connectivity index (χ3v) is 5.72. The van der Waals surface area contributed by atoms with Gasteiger partial charge in [0.15, 0.2) is 0 Å². The second kappa shape index (κ2) is 6.57. The number of benzene rings is 2. The highest BCUT2D eigenvalue weighted by Crippen LogP contribution is 2.36. The van der Waals surface area contributed by atoms with Crippen LogP contribution in [0.4, 0.5) is 0 Å². The normalized spacial score (nSPS) is 22.3. The minimum absolute atomic E-state index is 0.0200. The Kier molecular flexibility index (Phi) is 4.24. The molecule has 0 unspecified atom stereocenters. The van der Waals surface area contributed by atoms with Gasteiger partial charge in [-0.05, 0) is 41.7 Å². The molecule has 1 amide bonds. The Labute approximate surface area is 152 Å². The molecule has 1 saturated heterocycles. The molecule has 0 radical (unpaired) electrons. The van der Waals surface area contributed by atoms with E-state index < -0.39 is 5.97 Å². The molecule has 0 saturated carbocycles. The topological polar surface area (TPSA) is 69.6 Å². The molecule has 0 aliphatic carbocycles. The van der Waals surface area contributed by atoms with E-state index in [9.17, 15) is 14.7 Å². The third kappa shape index (κ3) is 2.88. The molecule has 0 spiro atoms. The summed E-state index contributed by atoms with van der Waals surface area (Å²) >= 11 is 0. The molecule has 1 fully saturated rings. The van der Waals surface area contributed by atoms with Gasteiger partial charge in [-0.25, -0.2) is 4.79 Å².